The second-order valence-corrected chi connectivity index (χ2v) is 6.31. The Balaban J connectivity index is 1.70. The quantitative estimate of drug-likeness (QED) is 0.814. The SMILES string of the molecule is O=C1Nc2ccc(C(=O)O)cc2C1=CC1=CC2=C(CCCC2)C1. The molecule has 3 aliphatic rings. The van der Waals surface area contributed by atoms with Gasteiger partial charge in [-0.2, -0.15) is 0 Å². The molecule has 0 bridgehead atoms. The summed E-state index contributed by atoms with van der Waals surface area (Å²) in [4.78, 5) is 23.4. The Kier molecular flexibility index (Phi) is 3.18. The lowest BCUT2D eigenvalue weighted by Gasteiger charge is -2.12. The van der Waals surface area contributed by atoms with Crippen LogP contribution in [0.25, 0.3) is 5.57 Å². The number of allylic oxidation sites excluding steroid dienone is 5. The number of carboxylic acid groups (broad SMARTS) is 1. The molecule has 0 spiro atoms. The van der Waals surface area contributed by atoms with Crippen molar-refractivity contribution in [3.63, 3.8) is 0 Å². The third-order valence-electron chi connectivity index (χ3n) is 4.79. The maximum absolute atomic E-state index is 12.2. The van der Waals surface area contributed by atoms with Crippen LogP contribution in [0.5, 0.6) is 0 Å². The molecular formula is C19H17NO3. The molecule has 1 amide bonds. The molecule has 1 heterocycles. The molecule has 1 aliphatic heterocycles. The van der Waals surface area contributed by atoms with Crippen molar-refractivity contribution in [1.82, 2.24) is 0 Å². The number of carboxylic acids is 1. The first kappa shape index (κ1) is 14.0. The summed E-state index contributed by atoms with van der Waals surface area (Å²) in [5, 5.41) is 12.0. The van der Waals surface area contributed by atoms with Crippen molar-refractivity contribution in [2.75, 3.05) is 5.32 Å². The number of anilines is 1. The smallest absolute Gasteiger partial charge is 0.335 e. The van der Waals surface area contributed by atoms with Crippen LogP contribution >= 0.6 is 0 Å². The van der Waals surface area contributed by atoms with E-state index in [0.717, 1.165) is 24.8 Å². The Morgan fingerprint density at radius 3 is 2.83 bits per heavy atom. The lowest BCUT2D eigenvalue weighted by atomic mass is 9.93. The van der Waals surface area contributed by atoms with E-state index in [1.54, 1.807) is 12.1 Å². The number of carbonyl (C=O) groups is 2. The number of amides is 1. The first-order valence-electron chi connectivity index (χ1n) is 7.94. The summed E-state index contributed by atoms with van der Waals surface area (Å²) in [6.07, 6.45) is 9.82. The zero-order chi connectivity index (χ0) is 16.0. The van der Waals surface area contributed by atoms with Gasteiger partial charge in [-0.15, -0.1) is 0 Å². The van der Waals surface area contributed by atoms with Crippen molar-refractivity contribution in [3.05, 3.63) is 58.2 Å². The second-order valence-electron chi connectivity index (χ2n) is 6.31. The number of rotatable bonds is 2. The Hall–Kier alpha value is -2.62. The van der Waals surface area contributed by atoms with Gasteiger partial charge in [-0.3, -0.25) is 4.79 Å². The van der Waals surface area contributed by atoms with Gasteiger partial charge in [0.05, 0.1) is 5.56 Å². The monoisotopic (exact) mass is 307 g/mol. The summed E-state index contributed by atoms with van der Waals surface area (Å²) >= 11 is 0. The molecule has 2 N–H and O–H groups in total. The van der Waals surface area contributed by atoms with Gasteiger partial charge in [0.15, 0.2) is 0 Å². The van der Waals surface area contributed by atoms with E-state index < -0.39 is 5.97 Å². The Morgan fingerprint density at radius 1 is 1.22 bits per heavy atom. The van der Waals surface area contributed by atoms with Crippen molar-refractivity contribution >= 4 is 23.1 Å². The minimum Gasteiger partial charge on any atom is -0.478 e. The van der Waals surface area contributed by atoms with Crippen LogP contribution in [-0.2, 0) is 4.79 Å². The molecule has 2 aliphatic carbocycles. The van der Waals surface area contributed by atoms with Gasteiger partial charge in [0.25, 0.3) is 5.91 Å². The molecular weight excluding hydrogens is 290 g/mol. The average molecular weight is 307 g/mol. The van der Waals surface area contributed by atoms with E-state index in [9.17, 15) is 9.59 Å². The number of carbonyl (C=O) groups excluding carboxylic acids is 1. The number of nitrogens with one attached hydrogen (secondary N) is 1. The molecule has 0 saturated heterocycles. The minimum atomic E-state index is -0.983. The summed E-state index contributed by atoms with van der Waals surface area (Å²) in [7, 11) is 0. The number of benzene rings is 1. The molecule has 1 aromatic rings. The van der Waals surface area contributed by atoms with Crippen molar-refractivity contribution in [3.8, 4) is 0 Å². The molecule has 0 aromatic heterocycles. The van der Waals surface area contributed by atoms with Crippen LogP contribution < -0.4 is 5.32 Å². The summed E-state index contributed by atoms with van der Waals surface area (Å²) < 4.78 is 0. The summed E-state index contributed by atoms with van der Waals surface area (Å²) in [6.45, 7) is 0. The van der Waals surface area contributed by atoms with Gasteiger partial charge in [0, 0.05) is 16.8 Å². The lowest BCUT2D eigenvalue weighted by Crippen LogP contribution is -2.03. The molecule has 4 nitrogen and oxygen atoms in total. The lowest BCUT2D eigenvalue weighted by molar-refractivity contribution is -0.110. The fourth-order valence-electron chi connectivity index (χ4n) is 3.63. The summed E-state index contributed by atoms with van der Waals surface area (Å²) in [5.41, 5.74) is 6.21. The van der Waals surface area contributed by atoms with Crippen molar-refractivity contribution in [2.45, 2.75) is 32.1 Å². The predicted molar refractivity (Wildman–Crippen MR) is 88.2 cm³/mol. The first-order valence-corrected chi connectivity index (χ1v) is 7.94. The third kappa shape index (κ3) is 2.40. The van der Waals surface area contributed by atoms with E-state index in [1.807, 2.05) is 6.08 Å². The van der Waals surface area contributed by atoms with Crippen LogP contribution in [-0.4, -0.2) is 17.0 Å². The van der Waals surface area contributed by atoms with Gasteiger partial charge < -0.3 is 10.4 Å². The molecule has 0 unspecified atom stereocenters. The van der Waals surface area contributed by atoms with Gasteiger partial charge in [-0.05, 0) is 67.5 Å². The standard InChI is InChI=1S/C19H17NO3/c21-18-16(9-11-7-12-3-1-2-4-13(12)8-11)15-10-14(19(22)23)5-6-17(15)20-18/h5-7,9-10H,1-4,8H2,(H,20,21)(H,22,23). The van der Waals surface area contributed by atoms with Crippen molar-refractivity contribution < 1.29 is 14.7 Å². The van der Waals surface area contributed by atoms with E-state index in [-0.39, 0.29) is 11.5 Å². The maximum atomic E-state index is 12.2. The maximum Gasteiger partial charge on any atom is 0.335 e. The fourth-order valence-corrected chi connectivity index (χ4v) is 3.63. The van der Waals surface area contributed by atoms with E-state index >= 15 is 0 Å². The molecule has 0 atom stereocenters. The van der Waals surface area contributed by atoms with Crippen molar-refractivity contribution in [1.29, 1.82) is 0 Å². The van der Waals surface area contributed by atoms with Gasteiger partial charge in [0.1, 0.15) is 0 Å². The normalized spacial score (nSPS) is 21.1. The molecule has 0 fully saturated rings. The number of aromatic carboxylic acids is 1. The Morgan fingerprint density at radius 2 is 2.04 bits per heavy atom. The zero-order valence-corrected chi connectivity index (χ0v) is 12.7. The largest absolute Gasteiger partial charge is 0.478 e. The van der Waals surface area contributed by atoms with Gasteiger partial charge in [0.2, 0.25) is 0 Å². The van der Waals surface area contributed by atoms with Crippen LogP contribution in [0.3, 0.4) is 0 Å². The molecule has 116 valence electrons. The highest BCUT2D eigenvalue weighted by Gasteiger charge is 2.26. The first-order chi connectivity index (χ1) is 11.1. The van der Waals surface area contributed by atoms with Crippen LogP contribution in [0.1, 0.15) is 48.0 Å². The van der Waals surface area contributed by atoms with Crippen molar-refractivity contribution in [2.24, 2.45) is 0 Å². The number of hydrogen-bond acceptors (Lipinski definition) is 2. The summed E-state index contributed by atoms with van der Waals surface area (Å²) in [6, 6.07) is 4.74. The molecule has 1 aromatic carbocycles. The van der Waals surface area contributed by atoms with Crippen LogP contribution in [0.4, 0.5) is 5.69 Å². The van der Waals surface area contributed by atoms with Crippen LogP contribution in [0, 0.1) is 0 Å². The Bertz CT molecular complexity index is 827. The second kappa shape index (κ2) is 5.23. The molecule has 0 saturated carbocycles. The molecule has 23 heavy (non-hydrogen) atoms. The fraction of sp³-hybridized carbons (Fsp3) is 0.263. The Labute approximate surface area is 134 Å². The van der Waals surface area contributed by atoms with Gasteiger partial charge in [-0.25, -0.2) is 4.79 Å². The number of hydrogen-bond donors (Lipinski definition) is 2. The molecule has 4 heteroatoms. The highest BCUT2D eigenvalue weighted by molar-refractivity contribution is 6.32. The summed E-state index contributed by atoms with van der Waals surface area (Å²) in [5.74, 6) is -1.14. The van der Waals surface area contributed by atoms with E-state index in [0.29, 0.717) is 16.8 Å². The van der Waals surface area contributed by atoms with Crippen LogP contribution in [0.15, 0.2) is 47.1 Å². The zero-order valence-electron chi connectivity index (χ0n) is 12.7. The van der Waals surface area contributed by atoms with Gasteiger partial charge in [-0.1, -0.05) is 11.6 Å². The predicted octanol–water partition coefficient (Wildman–Crippen LogP) is 3.92. The minimum absolute atomic E-state index is 0.159. The van der Waals surface area contributed by atoms with E-state index in [2.05, 4.69) is 11.4 Å². The van der Waals surface area contributed by atoms with Gasteiger partial charge >= 0.3 is 5.97 Å². The topological polar surface area (TPSA) is 66.4 Å². The van der Waals surface area contributed by atoms with E-state index in [4.69, 9.17) is 5.11 Å². The average Bonchev–Trinajstić information content (AvgIpc) is 3.08. The van der Waals surface area contributed by atoms with Crippen LogP contribution in [0.2, 0.25) is 0 Å². The highest BCUT2D eigenvalue weighted by atomic mass is 16.4. The van der Waals surface area contributed by atoms with E-state index in [1.165, 1.54) is 30.1 Å². The molecule has 0 radical (unpaired) electrons. The molecule has 4 rings (SSSR count). The highest BCUT2D eigenvalue weighted by Crippen LogP contribution is 2.39. The third-order valence-corrected chi connectivity index (χ3v) is 4.79. The number of fused-ring (bicyclic) bond motifs is 1.